The van der Waals surface area contributed by atoms with Gasteiger partial charge in [-0.15, -0.1) is 0 Å². The molecule has 0 saturated carbocycles. The number of amides is 2. The SMILES string of the molecule is CC(=O)N(c1ccccc1)[C@H]1C[C@H](C)N(C(=O)c2ccco2)c2ccccc21. The molecule has 2 aromatic carbocycles. The summed E-state index contributed by atoms with van der Waals surface area (Å²) < 4.78 is 5.34. The summed E-state index contributed by atoms with van der Waals surface area (Å²) in [6.45, 7) is 3.59. The number of carbonyl (C=O) groups excluding carboxylic acids is 2. The number of nitrogens with zero attached hydrogens (tertiary/aromatic N) is 2. The van der Waals surface area contributed by atoms with Gasteiger partial charge < -0.3 is 14.2 Å². The lowest BCUT2D eigenvalue weighted by atomic mass is 9.89. The van der Waals surface area contributed by atoms with Crippen molar-refractivity contribution in [3.63, 3.8) is 0 Å². The van der Waals surface area contributed by atoms with E-state index in [1.807, 2.05) is 66.4 Å². The molecule has 1 aliphatic heterocycles. The molecule has 0 unspecified atom stereocenters. The van der Waals surface area contributed by atoms with E-state index in [0.29, 0.717) is 12.2 Å². The minimum Gasteiger partial charge on any atom is -0.459 e. The van der Waals surface area contributed by atoms with E-state index in [1.54, 1.807) is 24.0 Å². The molecule has 3 aromatic rings. The van der Waals surface area contributed by atoms with Crippen LogP contribution in [0.25, 0.3) is 0 Å². The van der Waals surface area contributed by atoms with Gasteiger partial charge in [-0.2, -0.15) is 0 Å². The highest BCUT2D eigenvalue weighted by Gasteiger charge is 2.38. The first kappa shape index (κ1) is 18.0. The van der Waals surface area contributed by atoms with Gasteiger partial charge in [-0.1, -0.05) is 36.4 Å². The minimum atomic E-state index is -0.169. The van der Waals surface area contributed by atoms with E-state index in [9.17, 15) is 9.59 Å². The number of carbonyl (C=O) groups is 2. The third-order valence-corrected chi connectivity index (χ3v) is 5.20. The van der Waals surface area contributed by atoms with Gasteiger partial charge in [0.25, 0.3) is 5.91 Å². The van der Waals surface area contributed by atoms with Gasteiger partial charge in [0.1, 0.15) is 0 Å². The lowest BCUT2D eigenvalue weighted by Crippen LogP contribution is -2.47. The third kappa shape index (κ3) is 3.09. The molecule has 0 bridgehead atoms. The van der Waals surface area contributed by atoms with Gasteiger partial charge in [0.2, 0.25) is 5.91 Å². The number of rotatable bonds is 3. The van der Waals surface area contributed by atoms with Crippen LogP contribution in [0.15, 0.2) is 77.4 Å². The first-order chi connectivity index (χ1) is 13.6. The molecule has 0 radical (unpaired) electrons. The summed E-state index contributed by atoms with van der Waals surface area (Å²) in [5.41, 5.74) is 2.63. The Morgan fingerprint density at radius 3 is 2.39 bits per heavy atom. The minimum absolute atomic E-state index is 0.0241. The molecule has 2 atom stereocenters. The second-order valence-electron chi connectivity index (χ2n) is 7.04. The van der Waals surface area contributed by atoms with Gasteiger partial charge >= 0.3 is 0 Å². The average molecular weight is 374 g/mol. The zero-order valence-corrected chi connectivity index (χ0v) is 15.9. The van der Waals surface area contributed by atoms with E-state index in [4.69, 9.17) is 4.42 Å². The first-order valence-electron chi connectivity index (χ1n) is 9.38. The van der Waals surface area contributed by atoms with Gasteiger partial charge in [-0.05, 0) is 49.2 Å². The van der Waals surface area contributed by atoms with Crippen LogP contribution in [-0.4, -0.2) is 17.9 Å². The summed E-state index contributed by atoms with van der Waals surface area (Å²) in [5.74, 6) is 0.119. The molecule has 0 spiro atoms. The fraction of sp³-hybridized carbons (Fsp3) is 0.217. The second-order valence-corrected chi connectivity index (χ2v) is 7.04. The standard InChI is InChI=1S/C23H22N2O3/c1-16-15-21(25(17(2)26)18-9-4-3-5-10-18)19-11-6-7-12-20(19)24(16)23(27)22-13-8-14-28-22/h3-14,16,21H,15H2,1-2H3/t16-,21-/m0/s1. The van der Waals surface area contributed by atoms with Gasteiger partial charge in [0.15, 0.2) is 5.76 Å². The molecule has 0 saturated heterocycles. The van der Waals surface area contributed by atoms with Crippen molar-refractivity contribution in [2.45, 2.75) is 32.4 Å². The zero-order valence-electron chi connectivity index (χ0n) is 15.9. The lowest BCUT2D eigenvalue weighted by Gasteiger charge is -2.43. The molecule has 2 heterocycles. The lowest BCUT2D eigenvalue weighted by molar-refractivity contribution is -0.117. The van der Waals surface area contributed by atoms with Gasteiger partial charge in [-0.3, -0.25) is 9.59 Å². The van der Waals surface area contributed by atoms with Crippen LogP contribution in [0, 0.1) is 0 Å². The van der Waals surface area contributed by atoms with E-state index in [0.717, 1.165) is 16.9 Å². The number of hydrogen-bond donors (Lipinski definition) is 0. The van der Waals surface area contributed by atoms with Crippen LogP contribution in [0.2, 0.25) is 0 Å². The quantitative estimate of drug-likeness (QED) is 0.661. The van der Waals surface area contributed by atoms with E-state index >= 15 is 0 Å². The van der Waals surface area contributed by atoms with Crippen molar-refractivity contribution in [2.75, 3.05) is 9.80 Å². The average Bonchev–Trinajstić information content (AvgIpc) is 3.23. The number of benzene rings is 2. The molecule has 0 aliphatic carbocycles. The van der Waals surface area contributed by atoms with Crippen molar-refractivity contribution in [3.8, 4) is 0 Å². The molecule has 4 rings (SSSR count). The normalized spacial score (nSPS) is 18.4. The smallest absolute Gasteiger partial charge is 0.294 e. The zero-order chi connectivity index (χ0) is 19.7. The van der Waals surface area contributed by atoms with Crippen LogP contribution in [-0.2, 0) is 4.79 Å². The van der Waals surface area contributed by atoms with Crippen molar-refractivity contribution in [1.82, 2.24) is 0 Å². The Bertz CT molecular complexity index is 982. The van der Waals surface area contributed by atoms with Crippen LogP contribution in [0.4, 0.5) is 11.4 Å². The number of fused-ring (bicyclic) bond motifs is 1. The predicted molar refractivity (Wildman–Crippen MR) is 108 cm³/mol. The molecular formula is C23H22N2O3. The number of para-hydroxylation sites is 2. The summed E-state index contributed by atoms with van der Waals surface area (Å²) in [4.78, 5) is 29.3. The van der Waals surface area contributed by atoms with Crippen LogP contribution < -0.4 is 9.80 Å². The second kappa shape index (κ2) is 7.35. The van der Waals surface area contributed by atoms with Crippen molar-refractivity contribution in [2.24, 2.45) is 0 Å². The van der Waals surface area contributed by atoms with E-state index in [2.05, 4.69) is 0 Å². The molecule has 5 heteroatoms. The summed E-state index contributed by atoms with van der Waals surface area (Å²) in [7, 11) is 0. The number of anilines is 2. The van der Waals surface area contributed by atoms with Crippen molar-refractivity contribution in [3.05, 3.63) is 84.3 Å². The Kier molecular flexibility index (Phi) is 4.74. The molecule has 5 nitrogen and oxygen atoms in total. The maximum atomic E-state index is 13.1. The van der Waals surface area contributed by atoms with Crippen LogP contribution >= 0.6 is 0 Å². The van der Waals surface area contributed by atoms with Gasteiger partial charge in [0, 0.05) is 24.3 Å². The molecule has 0 N–H and O–H groups in total. The Morgan fingerprint density at radius 2 is 1.71 bits per heavy atom. The van der Waals surface area contributed by atoms with Crippen LogP contribution in [0.3, 0.4) is 0 Å². The highest BCUT2D eigenvalue weighted by molar-refractivity contribution is 6.06. The highest BCUT2D eigenvalue weighted by Crippen LogP contribution is 2.42. The first-order valence-corrected chi connectivity index (χ1v) is 9.38. The van der Waals surface area contributed by atoms with E-state index in [1.165, 1.54) is 6.26 Å². The van der Waals surface area contributed by atoms with Crippen molar-refractivity contribution in [1.29, 1.82) is 0 Å². The highest BCUT2D eigenvalue weighted by atomic mass is 16.3. The monoisotopic (exact) mass is 374 g/mol. The molecule has 0 fully saturated rings. The summed E-state index contributed by atoms with van der Waals surface area (Å²) >= 11 is 0. The Labute approximate surface area is 164 Å². The fourth-order valence-corrected chi connectivity index (χ4v) is 4.02. The molecular weight excluding hydrogens is 352 g/mol. The third-order valence-electron chi connectivity index (χ3n) is 5.20. The van der Waals surface area contributed by atoms with Gasteiger partial charge in [0.05, 0.1) is 12.3 Å². The largest absolute Gasteiger partial charge is 0.459 e. The van der Waals surface area contributed by atoms with E-state index < -0.39 is 0 Å². The van der Waals surface area contributed by atoms with Crippen LogP contribution in [0.1, 0.15) is 42.4 Å². The fourth-order valence-electron chi connectivity index (χ4n) is 4.02. The molecule has 28 heavy (non-hydrogen) atoms. The maximum Gasteiger partial charge on any atom is 0.294 e. The van der Waals surface area contributed by atoms with Gasteiger partial charge in [-0.25, -0.2) is 0 Å². The Balaban J connectivity index is 1.79. The van der Waals surface area contributed by atoms with E-state index in [-0.39, 0.29) is 23.9 Å². The number of hydrogen-bond acceptors (Lipinski definition) is 3. The maximum absolute atomic E-state index is 13.1. The van der Waals surface area contributed by atoms with Crippen molar-refractivity contribution >= 4 is 23.2 Å². The summed E-state index contributed by atoms with van der Waals surface area (Å²) in [6.07, 6.45) is 2.14. The van der Waals surface area contributed by atoms with Crippen molar-refractivity contribution < 1.29 is 14.0 Å². The van der Waals surface area contributed by atoms with Crippen LogP contribution in [0.5, 0.6) is 0 Å². The molecule has 2 amide bonds. The summed E-state index contributed by atoms with van der Waals surface area (Å²) in [5, 5.41) is 0. The number of furan rings is 1. The molecule has 1 aromatic heterocycles. The Morgan fingerprint density at radius 1 is 1.00 bits per heavy atom. The predicted octanol–water partition coefficient (Wildman–Crippen LogP) is 4.81. The Hall–Kier alpha value is -3.34. The molecule has 1 aliphatic rings. The summed E-state index contributed by atoms with van der Waals surface area (Å²) in [6, 6.07) is 20.6. The topological polar surface area (TPSA) is 53.8 Å². The molecule has 142 valence electrons.